The number of aliphatic carboxylic acids is 1. The monoisotopic (exact) mass is 257 g/mol. The van der Waals surface area contributed by atoms with Crippen LogP contribution in [0.5, 0.6) is 0 Å². The van der Waals surface area contributed by atoms with Crippen molar-refractivity contribution in [3.63, 3.8) is 0 Å². The molecule has 1 aromatic heterocycles. The number of para-hydroxylation sites is 1. The molecule has 0 aliphatic heterocycles. The zero-order valence-corrected chi connectivity index (χ0v) is 11.0. The largest absolute Gasteiger partial charge is 0.481 e. The number of carbonyl (C=O) groups is 1. The molecule has 19 heavy (non-hydrogen) atoms. The first kappa shape index (κ1) is 12.3. The maximum absolute atomic E-state index is 11.0. The molecule has 0 unspecified atom stereocenters. The summed E-state index contributed by atoms with van der Waals surface area (Å²) in [7, 11) is 0. The number of hydrogen-bond donors (Lipinski definition) is 1. The van der Waals surface area contributed by atoms with Crippen molar-refractivity contribution in [1.29, 1.82) is 0 Å². The number of carboxylic acids is 1. The zero-order valence-electron chi connectivity index (χ0n) is 11.0. The van der Waals surface area contributed by atoms with E-state index in [1.165, 1.54) is 32.1 Å². The van der Waals surface area contributed by atoms with Crippen LogP contribution in [0.15, 0.2) is 30.5 Å². The molecule has 0 bridgehead atoms. The fourth-order valence-electron chi connectivity index (χ4n) is 3.26. The van der Waals surface area contributed by atoms with Crippen LogP contribution in [-0.4, -0.2) is 15.6 Å². The second kappa shape index (κ2) is 5.08. The molecule has 0 saturated heterocycles. The lowest BCUT2D eigenvalue weighted by molar-refractivity contribution is -0.136. The normalized spacial score (nSPS) is 16.8. The number of rotatable bonds is 3. The SMILES string of the molecule is O=C(O)Cc1cccc2ccn(C3CCCCC3)c12. The van der Waals surface area contributed by atoms with E-state index in [4.69, 9.17) is 5.11 Å². The molecule has 3 heteroatoms. The Kier molecular flexibility index (Phi) is 3.28. The highest BCUT2D eigenvalue weighted by molar-refractivity contribution is 5.86. The van der Waals surface area contributed by atoms with Crippen molar-refractivity contribution in [2.24, 2.45) is 0 Å². The Balaban J connectivity index is 2.06. The summed E-state index contributed by atoms with van der Waals surface area (Å²) in [6, 6.07) is 8.61. The van der Waals surface area contributed by atoms with Gasteiger partial charge < -0.3 is 9.67 Å². The molecule has 3 nitrogen and oxygen atoms in total. The molecule has 1 aliphatic rings. The molecule has 0 atom stereocenters. The predicted molar refractivity (Wildman–Crippen MR) is 75.4 cm³/mol. The summed E-state index contributed by atoms with van der Waals surface area (Å²) in [6.45, 7) is 0. The average molecular weight is 257 g/mol. The van der Waals surface area contributed by atoms with Gasteiger partial charge in [0.15, 0.2) is 0 Å². The third kappa shape index (κ3) is 2.37. The molecule has 2 aromatic rings. The van der Waals surface area contributed by atoms with Crippen LogP contribution in [0.1, 0.15) is 43.7 Å². The van der Waals surface area contributed by atoms with Gasteiger partial charge in [-0.05, 0) is 29.9 Å². The third-order valence-electron chi connectivity index (χ3n) is 4.13. The van der Waals surface area contributed by atoms with Gasteiger partial charge in [0, 0.05) is 12.2 Å². The van der Waals surface area contributed by atoms with Gasteiger partial charge in [0.1, 0.15) is 0 Å². The molecule has 0 radical (unpaired) electrons. The van der Waals surface area contributed by atoms with E-state index >= 15 is 0 Å². The molecule has 0 spiro atoms. The van der Waals surface area contributed by atoms with Crippen molar-refractivity contribution in [2.75, 3.05) is 0 Å². The van der Waals surface area contributed by atoms with E-state index in [0.29, 0.717) is 6.04 Å². The highest BCUT2D eigenvalue weighted by Crippen LogP contribution is 2.32. The Bertz CT molecular complexity index is 594. The molecule has 1 fully saturated rings. The molecule has 1 aliphatic carbocycles. The minimum absolute atomic E-state index is 0.105. The first-order valence-corrected chi connectivity index (χ1v) is 7.06. The lowest BCUT2D eigenvalue weighted by Gasteiger charge is -2.25. The summed E-state index contributed by atoms with van der Waals surface area (Å²) >= 11 is 0. The zero-order chi connectivity index (χ0) is 13.2. The number of nitrogens with zero attached hydrogens (tertiary/aromatic N) is 1. The van der Waals surface area contributed by atoms with E-state index in [-0.39, 0.29) is 6.42 Å². The Morgan fingerprint density at radius 1 is 1.21 bits per heavy atom. The van der Waals surface area contributed by atoms with Gasteiger partial charge >= 0.3 is 5.97 Å². The Morgan fingerprint density at radius 2 is 2.00 bits per heavy atom. The van der Waals surface area contributed by atoms with Gasteiger partial charge in [0.2, 0.25) is 0 Å². The van der Waals surface area contributed by atoms with Crippen molar-refractivity contribution in [1.82, 2.24) is 4.57 Å². The smallest absolute Gasteiger partial charge is 0.307 e. The predicted octanol–water partition coefficient (Wildman–Crippen LogP) is 3.77. The summed E-state index contributed by atoms with van der Waals surface area (Å²) in [4.78, 5) is 11.0. The first-order valence-electron chi connectivity index (χ1n) is 7.06. The maximum Gasteiger partial charge on any atom is 0.307 e. The molecular weight excluding hydrogens is 238 g/mol. The summed E-state index contributed by atoms with van der Waals surface area (Å²) in [5, 5.41) is 10.2. The fourth-order valence-corrected chi connectivity index (χ4v) is 3.26. The van der Waals surface area contributed by atoms with Gasteiger partial charge in [-0.3, -0.25) is 4.79 Å². The highest BCUT2D eigenvalue weighted by atomic mass is 16.4. The van der Waals surface area contributed by atoms with Crippen LogP contribution in [-0.2, 0) is 11.2 Å². The number of aromatic nitrogens is 1. The van der Waals surface area contributed by atoms with Gasteiger partial charge in [-0.25, -0.2) is 0 Å². The van der Waals surface area contributed by atoms with E-state index in [9.17, 15) is 4.79 Å². The number of carboxylic acid groups (broad SMARTS) is 1. The standard InChI is InChI=1S/C16H19NO2/c18-15(19)11-13-6-4-5-12-9-10-17(16(12)13)14-7-2-1-3-8-14/h4-6,9-10,14H,1-3,7-8,11H2,(H,18,19). The van der Waals surface area contributed by atoms with Crippen molar-refractivity contribution in [3.05, 3.63) is 36.0 Å². The lowest BCUT2D eigenvalue weighted by atomic mass is 9.95. The fraction of sp³-hybridized carbons (Fsp3) is 0.438. The molecule has 1 heterocycles. The van der Waals surface area contributed by atoms with Gasteiger partial charge in [-0.2, -0.15) is 0 Å². The molecular formula is C16H19NO2. The number of benzene rings is 1. The maximum atomic E-state index is 11.0. The third-order valence-corrected chi connectivity index (χ3v) is 4.13. The van der Waals surface area contributed by atoms with Gasteiger partial charge in [-0.1, -0.05) is 37.5 Å². The Morgan fingerprint density at radius 3 is 2.74 bits per heavy atom. The van der Waals surface area contributed by atoms with E-state index in [0.717, 1.165) is 16.5 Å². The van der Waals surface area contributed by atoms with E-state index < -0.39 is 5.97 Å². The van der Waals surface area contributed by atoms with Gasteiger partial charge in [-0.15, -0.1) is 0 Å². The Hall–Kier alpha value is -1.77. The van der Waals surface area contributed by atoms with Crippen molar-refractivity contribution in [2.45, 2.75) is 44.6 Å². The molecule has 1 N–H and O–H groups in total. The second-order valence-corrected chi connectivity index (χ2v) is 5.44. The second-order valence-electron chi connectivity index (χ2n) is 5.44. The van der Waals surface area contributed by atoms with Crippen molar-refractivity contribution in [3.8, 4) is 0 Å². The summed E-state index contributed by atoms with van der Waals surface area (Å²) < 4.78 is 2.31. The highest BCUT2D eigenvalue weighted by Gasteiger charge is 2.18. The van der Waals surface area contributed by atoms with Crippen LogP contribution in [0.25, 0.3) is 10.9 Å². The average Bonchev–Trinajstić information content (AvgIpc) is 2.84. The first-order chi connectivity index (χ1) is 9.25. The summed E-state index contributed by atoms with van der Waals surface area (Å²) in [5.74, 6) is -0.760. The van der Waals surface area contributed by atoms with E-state index in [2.05, 4.69) is 22.9 Å². The van der Waals surface area contributed by atoms with E-state index in [1.807, 2.05) is 12.1 Å². The van der Waals surface area contributed by atoms with Crippen LogP contribution < -0.4 is 0 Å². The summed E-state index contributed by atoms with van der Waals surface area (Å²) in [5.41, 5.74) is 2.05. The molecule has 1 aromatic carbocycles. The molecule has 3 rings (SSSR count). The number of fused-ring (bicyclic) bond motifs is 1. The van der Waals surface area contributed by atoms with Crippen LogP contribution >= 0.6 is 0 Å². The van der Waals surface area contributed by atoms with Crippen LogP contribution in [0.3, 0.4) is 0 Å². The minimum Gasteiger partial charge on any atom is -0.481 e. The molecule has 1 saturated carbocycles. The summed E-state index contributed by atoms with van der Waals surface area (Å²) in [6.07, 6.45) is 8.56. The Labute approximate surface area is 112 Å². The quantitative estimate of drug-likeness (QED) is 0.909. The van der Waals surface area contributed by atoms with Crippen LogP contribution in [0, 0.1) is 0 Å². The van der Waals surface area contributed by atoms with Gasteiger partial charge in [0.25, 0.3) is 0 Å². The van der Waals surface area contributed by atoms with Crippen LogP contribution in [0.4, 0.5) is 0 Å². The lowest BCUT2D eigenvalue weighted by Crippen LogP contribution is -2.13. The minimum atomic E-state index is -0.760. The topological polar surface area (TPSA) is 42.2 Å². The number of hydrogen-bond acceptors (Lipinski definition) is 1. The van der Waals surface area contributed by atoms with Gasteiger partial charge in [0.05, 0.1) is 11.9 Å². The van der Waals surface area contributed by atoms with E-state index in [1.54, 1.807) is 0 Å². The van der Waals surface area contributed by atoms with Crippen molar-refractivity contribution < 1.29 is 9.90 Å². The molecule has 0 amide bonds. The van der Waals surface area contributed by atoms with Crippen molar-refractivity contribution >= 4 is 16.9 Å². The molecule has 100 valence electrons. The van der Waals surface area contributed by atoms with Crippen LogP contribution in [0.2, 0.25) is 0 Å².